The van der Waals surface area contributed by atoms with Crippen molar-refractivity contribution < 1.29 is 24.3 Å². The second kappa shape index (κ2) is 10.1. The molecule has 3 saturated heterocycles. The van der Waals surface area contributed by atoms with Gasteiger partial charge in [-0.25, -0.2) is 9.48 Å². The lowest BCUT2D eigenvalue weighted by Crippen LogP contribution is -2.62. The molecule has 5 rings (SSSR count). The number of β-lactam (4-membered cyclic amide) rings is 1. The molecule has 13 nitrogen and oxygen atoms in total. The highest BCUT2D eigenvalue weighted by molar-refractivity contribution is 8.03. The van der Waals surface area contributed by atoms with Gasteiger partial charge in [-0.05, 0) is 29.2 Å². The quantitative estimate of drug-likeness (QED) is 0.335. The van der Waals surface area contributed by atoms with Gasteiger partial charge in [-0.2, -0.15) is 0 Å². The number of nitrogens with two attached hydrogens (primary N) is 1. The van der Waals surface area contributed by atoms with Crippen LogP contribution in [0.4, 0.5) is 0 Å². The minimum atomic E-state index is -1.13. The van der Waals surface area contributed by atoms with Gasteiger partial charge in [-0.1, -0.05) is 13.8 Å². The third-order valence-corrected chi connectivity index (χ3v) is 9.41. The minimum absolute atomic E-state index is 0.0135. The number of rotatable bonds is 9. The topological polar surface area (TPSA) is 177 Å². The van der Waals surface area contributed by atoms with Gasteiger partial charge in [-0.15, -0.1) is 16.9 Å². The number of carbonyl (C=O) groups excluding carboxylic acids is 3. The van der Waals surface area contributed by atoms with Gasteiger partial charge in [0.15, 0.2) is 5.78 Å². The lowest BCUT2D eigenvalue weighted by Gasteiger charge is -2.47. The number of carboxylic acid groups (broad SMARTS) is 1. The first-order valence-corrected chi connectivity index (χ1v) is 13.5. The number of aromatic nitrogens is 4. The molecule has 1 aromatic rings. The molecule has 0 bridgehead atoms. The smallest absolute Gasteiger partial charge is 0.353 e. The Balaban J connectivity index is 1.23. The first kappa shape index (κ1) is 25.8. The van der Waals surface area contributed by atoms with Gasteiger partial charge >= 0.3 is 5.97 Å². The van der Waals surface area contributed by atoms with Crippen molar-refractivity contribution in [2.24, 2.45) is 23.5 Å². The molecule has 4 N–H and O–H groups in total. The van der Waals surface area contributed by atoms with Crippen LogP contribution in [0.3, 0.4) is 0 Å². The first-order valence-electron chi connectivity index (χ1n) is 12.6. The summed E-state index contributed by atoms with van der Waals surface area (Å²) in [5.74, 6) is -2.29. The molecule has 0 radical (unpaired) electrons. The maximum atomic E-state index is 13.1. The number of amides is 2. The van der Waals surface area contributed by atoms with Crippen LogP contribution in [0.5, 0.6) is 0 Å². The standard InChI is InChI=1S/C23H32N8O5S/c1-11(5-14(32)9-30-10-26-27-28-30)17-18-12(2)20(19(23(35)36)31(18)22(17)34)37-15-6-16(25-7-15)21(33)29-4-3-13(24)8-29/h10-13,15-18,25H,3-9,24H2,1-2H3,(H,35,36)/t11-,12+,13+,15-,16-,17+,18+/m0/s1. The lowest BCUT2D eigenvalue weighted by atomic mass is 9.73. The van der Waals surface area contributed by atoms with E-state index >= 15 is 0 Å². The molecule has 0 saturated carbocycles. The zero-order valence-electron chi connectivity index (χ0n) is 20.8. The van der Waals surface area contributed by atoms with Crippen molar-refractivity contribution >= 4 is 35.3 Å². The van der Waals surface area contributed by atoms with E-state index in [0.717, 1.165) is 6.42 Å². The SMILES string of the molecule is C[C@@H](CC(=O)Cn1cnnn1)[C@H]1C(=O)N2C(C(=O)O)=C(S[C@@H]3CN[C@H](C(=O)N4CC[C@@H](N)C4)C3)[C@H](C)[C@H]12. The third kappa shape index (κ3) is 4.77. The van der Waals surface area contributed by atoms with Crippen LogP contribution >= 0.6 is 11.8 Å². The van der Waals surface area contributed by atoms with Crippen LogP contribution in [0.1, 0.15) is 33.1 Å². The summed E-state index contributed by atoms with van der Waals surface area (Å²) in [7, 11) is 0. The van der Waals surface area contributed by atoms with E-state index in [-0.39, 0.29) is 71.5 Å². The number of thioether (sulfide) groups is 1. The van der Waals surface area contributed by atoms with Crippen LogP contribution < -0.4 is 11.1 Å². The maximum absolute atomic E-state index is 13.1. The molecule has 0 aliphatic carbocycles. The number of aliphatic carboxylic acids is 1. The zero-order valence-corrected chi connectivity index (χ0v) is 21.6. The van der Waals surface area contributed by atoms with E-state index in [0.29, 0.717) is 31.0 Å². The van der Waals surface area contributed by atoms with Crippen LogP contribution in [0.2, 0.25) is 0 Å². The Morgan fingerprint density at radius 1 is 1.35 bits per heavy atom. The fourth-order valence-electron chi connectivity index (χ4n) is 6.12. The number of hydrogen-bond donors (Lipinski definition) is 3. The van der Waals surface area contributed by atoms with Gasteiger partial charge in [0.05, 0.1) is 18.0 Å². The van der Waals surface area contributed by atoms with E-state index < -0.39 is 11.9 Å². The molecule has 37 heavy (non-hydrogen) atoms. The number of likely N-dealkylation sites (tertiary alicyclic amines) is 1. The average molecular weight is 533 g/mol. The van der Waals surface area contributed by atoms with Crippen molar-refractivity contribution in [3.8, 4) is 0 Å². The largest absolute Gasteiger partial charge is 0.477 e. The Bertz CT molecular complexity index is 1130. The van der Waals surface area contributed by atoms with Gasteiger partial charge in [0, 0.05) is 48.2 Å². The maximum Gasteiger partial charge on any atom is 0.353 e. The van der Waals surface area contributed by atoms with Crippen LogP contribution in [-0.4, -0.2) is 102 Å². The predicted octanol–water partition coefficient (Wildman–Crippen LogP) is -0.935. The lowest BCUT2D eigenvalue weighted by molar-refractivity contribution is -0.160. The van der Waals surface area contributed by atoms with Gasteiger partial charge in [0.2, 0.25) is 11.8 Å². The van der Waals surface area contributed by atoms with E-state index in [2.05, 4.69) is 20.8 Å². The van der Waals surface area contributed by atoms with Crippen LogP contribution in [0, 0.1) is 17.8 Å². The molecule has 3 fully saturated rings. The number of fused-ring (bicyclic) bond motifs is 1. The Morgan fingerprint density at radius 2 is 2.14 bits per heavy atom. The molecule has 1 aromatic heterocycles. The number of nitrogens with zero attached hydrogens (tertiary/aromatic N) is 6. The summed E-state index contributed by atoms with van der Waals surface area (Å²) in [6.45, 7) is 5.64. The average Bonchev–Trinajstić information content (AvgIpc) is 3.63. The summed E-state index contributed by atoms with van der Waals surface area (Å²) < 4.78 is 1.34. The fourth-order valence-corrected chi connectivity index (χ4v) is 7.60. The molecular weight excluding hydrogens is 500 g/mol. The molecule has 2 amide bonds. The number of hydrogen-bond acceptors (Lipinski definition) is 10. The van der Waals surface area contributed by atoms with Crippen molar-refractivity contribution in [2.45, 2.75) is 63.0 Å². The van der Waals surface area contributed by atoms with Gasteiger partial charge in [-0.3, -0.25) is 14.4 Å². The van der Waals surface area contributed by atoms with E-state index in [4.69, 9.17) is 5.73 Å². The summed E-state index contributed by atoms with van der Waals surface area (Å²) in [5, 5.41) is 24.1. The van der Waals surface area contributed by atoms with Crippen LogP contribution in [0.15, 0.2) is 16.9 Å². The van der Waals surface area contributed by atoms with Gasteiger partial charge in [0.1, 0.15) is 18.6 Å². The van der Waals surface area contributed by atoms with Crippen molar-refractivity contribution in [1.29, 1.82) is 0 Å². The molecule has 0 aromatic carbocycles. The molecule has 5 heterocycles. The molecule has 7 atom stereocenters. The number of nitrogens with one attached hydrogen (secondary N) is 1. The highest BCUT2D eigenvalue weighted by Gasteiger charge is 2.60. The van der Waals surface area contributed by atoms with Crippen LogP contribution in [0.25, 0.3) is 0 Å². The summed E-state index contributed by atoms with van der Waals surface area (Å²) in [4.78, 5) is 54.6. The summed E-state index contributed by atoms with van der Waals surface area (Å²) >= 11 is 1.46. The normalized spacial score (nSPS) is 32.0. The molecular formula is C23H32N8O5S. The van der Waals surface area contributed by atoms with E-state index in [1.165, 1.54) is 27.7 Å². The molecule has 14 heteroatoms. The molecule has 0 spiro atoms. The number of tetrazole rings is 1. The number of carboxylic acids is 1. The molecule has 0 unspecified atom stereocenters. The van der Waals surface area contributed by atoms with Crippen molar-refractivity contribution in [3.05, 3.63) is 16.9 Å². The monoisotopic (exact) mass is 532 g/mol. The summed E-state index contributed by atoms with van der Waals surface area (Å²) in [6, 6.07) is -0.591. The van der Waals surface area contributed by atoms with Crippen molar-refractivity contribution in [1.82, 2.24) is 35.3 Å². The molecule has 4 aliphatic rings. The van der Waals surface area contributed by atoms with Crippen molar-refractivity contribution in [2.75, 3.05) is 19.6 Å². The van der Waals surface area contributed by atoms with Gasteiger partial charge in [0.25, 0.3) is 0 Å². The highest BCUT2D eigenvalue weighted by Crippen LogP contribution is 2.53. The second-order valence-electron chi connectivity index (χ2n) is 10.5. The zero-order chi connectivity index (χ0) is 26.4. The third-order valence-electron chi connectivity index (χ3n) is 7.90. The predicted molar refractivity (Wildman–Crippen MR) is 132 cm³/mol. The summed E-state index contributed by atoms with van der Waals surface area (Å²) in [6.07, 6.45) is 2.93. The Kier molecular flexibility index (Phi) is 7.07. The van der Waals surface area contributed by atoms with E-state index in [1.54, 1.807) is 4.90 Å². The Morgan fingerprint density at radius 3 is 2.78 bits per heavy atom. The first-order chi connectivity index (χ1) is 17.7. The highest BCUT2D eigenvalue weighted by atomic mass is 32.2. The Labute approximate surface area is 218 Å². The number of Topliss-reactive ketones (excluding diaryl/α,β-unsaturated/α-hetero) is 1. The molecule has 200 valence electrons. The van der Waals surface area contributed by atoms with E-state index in [1.807, 2.05) is 13.8 Å². The second-order valence-corrected chi connectivity index (χ2v) is 11.9. The van der Waals surface area contributed by atoms with Crippen molar-refractivity contribution in [3.63, 3.8) is 0 Å². The molecule has 4 aliphatic heterocycles. The van der Waals surface area contributed by atoms with Crippen LogP contribution in [-0.2, 0) is 25.7 Å². The number of carbonyl (C=O) groups is 4. The Hall–Kier alpha value is -2.84. The summed E-state index contributed by atoms with van der Waals surface area (Å²) in [5.41, 5.74) is 5.99. The van der Waals surface area contributed by atoms with E-state index in [9.17, 15) is 24.3 Å². The fraction of sp³-hybridized carbons (Fsp3) is 0.696. The minimum Gasteiger partial charge on any atom is -0.477 e. The number of ketones is 1. The van der Waals surface area contributed by atoms with Gasteiger partial charge < -0.3 is 26.0 Å².